The molecule has 0 bridgehead atoms. The molecule has 0 unspecified atom stereocenters. The summed E-state index contributed by atoms with van der Waals surface area (Å²) in [6, 6.07) is 0. The van der Waals surface area contributed by atoms with Crippen molar-refractivity contribution in [2.24, 2.45) is 0 Å². The van der Waals surface area contributed by atoms with Crippen LogP contribution in [0.2, 0.25) is 0 Å². The Labute approximate surface area is 69.2 Å². The molecule has 4 heavy (non-hydrogen) atoms. The molecule has 27 valence electrons. The molecule has 0 N–H and O–H groups in total. The van der Waals surface area contributed by atoms with Gasteiger partial charge in [-0.05, 0) is 0 Å². The van der Waals surface area contributed by atoms with Crippen molar-refractivity contribution in [3.8, 4) is 0 Å². The Hall–Kier alpha value is 2.05. The van der Waals surface area contributed by atoms with E-state index >= 15 is 0 Å². The molecule has 0 aromatic rings. The van der Waals surface area contributed by atoms with Crippen molar-refractivity contribution >= 4 is 25.8 Å². The molecule has 0 atom stereocenters. The zero-order valence-corrected chi connectivity index (χ0v) is 4.53. The molecule has 0 rings (SSSR count). The van der Waals surface area contributed by atoms with Crippen molar-refractivity contribution in [2.45, 2.75) is 0 Å². The van der Waals surface area contributed by atoms with Gasteiger partial charge in [0.1, 0.15) is 0 Å². The Balaban J connectivity index is 0. The van der Waals surface area contributed by atoms with Crippen molar-refractivity contribution < 1.29 is 44.1 Å². The number of hydrogen-bond donors (Lipinski definition) is 0. The maximum absolute atomic E-state index is 0. The maximum Gasteiger partial charge on any atom is 0.187 e. The van der Waals surface area contributed by atoms with Crippen LogP contribution >= 0.6 is 0 Å². The summed E-state index contributed by atoms with van der Waals surface area (Å²) in [5.41, 5.74) is 0. The van der Waals surface area contributed by atoms with Crippen molar-refractivity contribution in [3.63, 3.8) is 0 Å². The molecule has 1 radical (unpaired) electrons. The first kappa shape index (κ1) is 36.7. The van der Waals surface area contributed by atoms with Gasteiger partial charge in [-0.3, -0.25) is 0 Å². The summed E-state index contributed by atoms with van der Waals surface area (Å²) < 4.78 is 0. The van der Waals surface area contributed by atoms with Gasteiger partial charge < -0.3 is 0 Å². The second-order valence-electron chi connectivity index (χ2n) is 0. The Morgan fingerprint density at radius 2 is 1.00 bits per heavy atom. The number of hydrogen-bond acceptors (Lipinski definition) is 0. The molecule has 0 aliphatic carbocycles. The van der Waals surface area contributed by atoms with E-state index in [1.807, 2.05) is 0 Å². The average Bonchev–Trinajstić information content (AvgIpc) is 0. The van der Waals surface area contributed by atoms with Crippen LogP contribution < -0.4 is 0 Å². The summed E-state index contributed by atoms with van der Waals surface area (Å²) in [5, 5.41) is 0. The van der Waals surface area contributed by atoms with Gasteiger partial charge in [0.25, 0.3) is 0 Å². The summed E-state index contributed by atoms with van der Waals surface area (Å²) in [7, 11) is 0. The minimum Gasteiger partial charge on any atom is 0 e. The third-order valence-electron chi connectivity index (χ3n) is 0. The second kappa shape index (κ2) is 19.7. The molecule has 0 aliphatic rings. The minimum absolute atomic E-state index is 0. The fraction of sp³-hybridized carbons (Fsp3) is 0. The summed E-state index contributed by atoms with van der Waals surface area (Å²) >= 11 is 0. The molecule has 0 aromatic heterocycles. The van der Waals surface area contributed by atoms with E-state index in [2.05, 4.69) is 0 Å². The molecule has 0 saturated carbocycles. The Morgan fingerprint density at radius 1 is 1.00 bits per heavy atom. The molecule has 0 heterocycles. The fourth-order valence-electron chi connectivity index (χ4n) is 0. The van der Waals surface area contributed by atoms with Crippen LogP contribution in [0.1, 0.15) is 0 Å². The van der Waals surface area contributed by atoms with Crippen LogP contribution in [0, 0.1) is 0 Å². The third-order valence-corrected chi connectivity index (χ3v) is 0. The number of rotatable bonds is 0. The topological polar surface area (TPSA) is 0 Å². The van der Waals surface area contributed by atoms with Gasteiger partial charge in [-0.2, -0.15) is 0 Å². The smallest absolute Gasteiger partial charge is 0 e. The fourth-order valence-corrected chi connectivity index (χ4v) is 0. The third kappa shape index (κ3) is 8.96. The first-order chi connectivity index (χ1) is 0. The van der Waals surface area contributed by atoms with Crippen LogP contribution in [-0.2, 0) is 44.1 Å². The van der Waals surface area contributed by atoms with E-state index in [1.165, 1.54) is 0 Å². The van der Waals surface area contributed by atoms with E-state index in [1.54, 1.807) is 0 Å². The van der Waals surface area contributed by atoms with Crippen LogP contribution in [0.5, 0.6) is 0 Å². The normalized spacial score (nSPS) is 0. The molecule has 0 fully saturated rings. The van der Waals surface area contributed by atoms with E-state index in [-0.39, 0.29) is 69.9 Å². The molecule has 0 saturated heterocycles. The summed E-state index contributed by atoms with van der Waals surface area (Å²) in [5.74, 6) is 0. The molecule has 0 nitrogen and oxygen atoms in total. The molecular formula is H6AlAuBTi. The summed E-state index contributed by atoms with van der Waals surface area (Å²) in [4.78, 5) is 0. The maximum atomic E-state index is 0. The van der Waals surface area contributed by atoms with Crippen LogP contribution in [0.3, 0.4) is 0 Å². The van der Waals surface area contributed by atoms with Gasteiger partial charge in [0.15, 0.2) is 17.4 Å². The van der Waals surface area contributed by atoms with Crippen LogP contribution in [-0.4, -0.2) is 25.8 Å². The Kier molecular flexibility index (Phi) is 181. The predicted octanol–water partition coefficient (Wildman–Crippen LogP) is -2.37. The molecule has 0 spiro atoms. The minimum atomic E-state index is 0. The summed E-state index contributed by atoms with van der Waals surface area (Å²) in [6.45, 7) is 0. The molecule has 0 aromatic carbocycles. The molecule has 0 aliphatic heterocycles. The van der Waals surface area contributed by atoms with E-state index in [0.717, 1.165) is 0 Å². The van der Waals surface area contributed by atoms with E-state index < -0.39 is 0 Å². The van der Waals surface area contributed by atoms with Crippen molar-refractivity contribution in [1.82, 2.24) is 0 Å². The van der Waals surface area contributed by atoms with Crippen molar-refractivity contribution in [3.05, 3.63) is 0 Å². The van der Waals surface area contributed by atoms with E-state index in [4.69, 9.17) is 0 Å². The molecule has 0 amide bonds. The standard InChI is InChI=1S/Al.Au.BH3.Ti.3H/h;;1H3;;;;. The van der Waals surface area contributed by atoms with Crippen LogP contribution in [0.4, 0.5) is 0 Å². The van der Waals surface area contributed by atoms with Crippen LogP contribution in [0.15, 0.2) is 0 Å². The molecular weight excluding hydrogens is 283 g/mol. The SMILES string of the molecule is B.[AlH3].[Au].[Ti]. The van der Waals surface area contributed by atoms with Gasteiger partial charge >= 0.3 is 0 Å². The van der Waals surface area contributed by atoms with Gasteiger partial charge in [-0.15, -0.1) is 0 Å². The monoisotopic (exact) mass is 289 g/mol. The van der Waals surface area contributed by atoms with Gasteiger partial charge in [0.05, 0.1) is 8.41 Å². The van der Waals surface area contributed by atoms with Crippen molar-refractivity contribution in [1.29, 1.82) is 0 Å². The zero-order valence-electron chi connectivity index (χ0n) is 0.802. The van der Waals surface area contributed by atoms with E-state index in [0.29, 0.717) is 0 Å². The largest absolute Gasteiger partial charge is 0.187 e. The van der Waals surface area contributed by atoms with E-state index in [9.17, 15) is 0 Å². The van der Waals surface area contributed by atoms with Crippen molar-refractivity contribution in [2.75, 3.05) is 0 Å². The quantitative estimate of drug-likeness (QED) is 0.437. The zero-order chi connectivity index (χ0) is 0. The second-order valence-corrected chi connectivity index (χ2v) is 0. The van der Waals surface area contributed by atoms with Gasteiger partial charge in [0.2, 0.25) is 0 Å². The first-order valence-corrected chi connectivity index (χ1v) is 0. The summed E-state index contributed by atoms with van der Waals surface area (Å²) in [6.07, 6.45) is 0. The average molecular weight is 289 g/mol. The van der Waals surface area contributed by atoms with Gasteiger partial charge in [0, 0.05) is 44.1 Å². The Morgan fingerprint density at radius 3 is 1.00 bits per heavy atom. The predicted molar refractivity (Wildman–Crippen MR) is 19.9 cm³/mol. The Bertz CT molecular complexity index is 8.00. The van der Waals surface area contributed by atoms with Gasteiger partial charge in [-0.1, -0.05) is 0 Å². The molecule has 4 heteroatoms. The first-order valence-electron chi connectivity index (χ1n) is 0. The van der Waals surface area contributed by atoms with Gasteiger partial charge in [-0.25, -0.2) is 0 Å². The van der Waals surface area contributed by atoms with Crippen LogP contribution in [0.25, 0.3) is 0 Å².